The Labute approximate surface area is 191 Å². The first-order valence-corrected chi connectivity index (χ1v) is 12.5. The Morgan fingerprint density at radius 1 is 1.03 bits per heavy atom. The summed E-state index contributed by atoms with van der Waals surface area (Å²) in [6.07, 6.45) is 5.45. The standard InChI is InChI=1S/C25H32N2O4S/c1-19-8-7-9-22(16-19)25(14-5-4-6-15-25)18-26-24(29)17-27(3)32(30,31)23-12-10-21(11-13-23)20(2)28/h7-13,16H,4-6,14-15,17-18H2,1-3H3,(H,26,29). The van der Waals surface area contributed by atoms with Gasteiger partial charge in [0.15, 0.2) is 5.78 Å². The van der Waals surface area contributed by atoms with Crippen LogP contribution in [0.1, 0.15) is 60.5 Å². The summed E-state index contributed by atoms with van der Waals surface area (Å²) in [5.74, 6) is -0.457. The van der Waals surface area contributed by atoms with Crippen LogP contribution in [0.2, 0.25) is 0 Å². The van der Waals surface area contributed by atoms with Gasteiger partial charge in [-0.1, -0.05) is 61.2 Å². The van der Waals surface area contributed by atoms with E-state index in [1.165, 1.54) is 55.8 Å². The second-order valence-corrected chi connectivity index (χ2v) is 10.9. The summed E-state index contributed by atoms with van der Waals surface area (Å²) in [6.45, 7) is 3.73. The van der Waals surface area contributed by atoms with E-state index in [-0.39, 0.29) is 28.5 Å². The van der Waals surface area contributed by atoms with Crippen LogP contribution in [0, 0.1) is 6.92 Å². The molecular weight excluding hydrogens is 424 g/mol. The number of nitrogens with one attached hydrogen (secondary N) is 1. The predicted molar refractivity (Wildman–Crippen MR) is 125 cm³/mol. The van der Waals surface area contributed by atoms with Crippen molar-refractivity contribution in [2.75, 3.05) is 20.1 Å². The number of aryl methyl sites for hydroxylation is 1. The summed E-state index contributed by atoms with van der Waals surface area (Å²) in [5.41, 5.74) is 2.77. The highest BCUT2D eigenvalue weighted by Crippen LogP contribution is 2.39. The van der Waals surface area contributed by atoms with Gasteiger partial charge in [0.1, 0.15) is 0 Å². The van der Waals surface area contributed by atoms with Crippen molar-refractivity contribution < 1.29 is 18.0 Å². The first-order valence-electron chi connectivity index (χ1n) is 11.1. The van der Waals surface area contributed by atoms with Gasteiger partial charge in [-0.2, -0.15) is 4.31 Å². The van der Waals surface area contributed by atoms with E-state index in [9.17, 15) is 18.0 Å². The van der Waals surface area contributed by atoms with Gasteiger partial charge in [0.05, 0.1) is 11.4 Å². The molecule has 0 saturated heterocycles. The van der Waals surface area contributed by atoms with Gasteiger partial charge in [0, 0.05) is 24.6 Å². The van der Waals surface area contributed by atoms with E-state index in [0.717, 1.165) is 30.0 Å². The van der Waals surface area contributed by atoms with Crippen LogP contribution in [0.5, 0.6) is 0 Å². The van der Waals surface area contributed by atoms with Gasteiger partial charge in [-0.25, -0.2) is 8.42 Å². The number of carbonyl (C=O) groups is 2. The van der Waals surface area contributed by atoms with Gasteiger partial charge in [0.2, 0.25) is 15.9 Å². The van der Waals surface area contributed by atoms with Gasteiger partial charge >= 0.3 is 0 Å². The average Bonchev–Trinajstić information content (AvgIpc) is 2.78. The molecule has 0 heterocycles. The Hall–Kier alpha value is -2.51. The van der Waals surface area contributed by atoms with Gasteiger partial charge < -0.3 is 5.32 Å². The highest BCUT2D eigenvalue weighted by Gasteiger charge is 2.34. The zero-order chi connectivity index (χ0) is 23.4. The third-order valence-corrected chi connectivity index (χ3v) is 8.22. The second kappa shape index (κ2) is 9.96. The number of sulfonamides is 1. The molecule has 7 heteroatoms. The molecule has 1 N–H and O–H groups in total. The Kier molecular flexibility index (Phi) is 7.51. The molecule has 1 amide bonds. The molecule has 0 radical (unpaired) electrons. The minimum Gasteiger partial charge on any atom is -0.354 e. The molecule has 1 aliphatic rings. The number of ketones is 1. The van der Waals surface area contributed by atoms with Crippen LogP contribution in [0.4, 0.5) is 0 Å². The van der Waals surface area contributed by atoms with E-state index in [2.05, 4.69) is 36.5 Å². The first kappa shape index (κ1) is 24.1. The lowest BCUT2D eigenvalue weighted by Crippen LogP contribution is -2.45. The highest BCUT2D eigenvalue weighted by atomic mass is 32.2. The van der Waals surface area contributed by atoms with Gasteiger partial charge in [-0.05, 0) is 44.4 Å². The van der Waals surface area contributed by atoms with Crippen molar-refractivity contribution in [3.05, 3.63) is 65.2 Å². The summed E-state index contributed by atoms with van der Waals surface area (Å²) in [7, 11) is -2.44. The van der Waals surface area contributed by atoms with Gasteiger partial charge in [-0.15, -0.1) is 0 Å². The Bertz CT molecular complexity index is 1070. The molecule has 0 atom stereocenters. The third-order valence-electron chi connectivity index (χ3n) is 6.40. The molecule has 1 aliphatic carbocycles. The summed E-state index contributed by atoms with van der Waals surface area (Å²) in [5, 5.41) is 3.00. The first-order chi connectivity index (χ1) is 15.1. The second-order valence-electron chi connectivity index (χ2n) is 8.83. The molecule has 0 aliphatic heterocycles. The van der Waals surface area contributed by atoms with E-state index < -0.39 is 10.0 Å². The number of hydrogen-bond acceptors (Lipinski definition) is 4. The van der Waals surface area contributed by atoms with Crippen LogP contribution < -0.4 is 5.32 Å². The van der Waals surface area contributed by atoms with Gasteiger partial charge in [0.25, 0.3) is 0 Å². The number of hydrogen-bond donors (Lipinski definition) is 1. The molecule has 2 aromatic rings. The maximum atomic E-state index is 12.8. The molecule has 3 rings (SSSR count). The van der Waals surface area contributed by atoms with Crippen molar-refractivity contribution in [3.63, 3.8) is 0 Å². The monoisotopic (exact) mass is 456 g/mol. The van der Waals surface area contributed by atoms with Crippen molar-refractivity contribution in [3.8, 4) is 0 Å². The molecular formula is C25H32N2O4S. The summed E-state index contributed by atoms with van der Waals surface area (Å²) in [4.78, 5) is 24.2. The van der Waals surface area contributed by atoms with E-state index in [1.54, 1.807) is 0 Å². The van der Waals surface area contributed by atoms with Crippen molar-refractivity contribution in [2.24, 2.45) is 0 Å². The zero-order valence-corrected chi connectivity index (χ0v) is 19.9. The largest absolute Gasteiger partial charge is 0.354 e. The molecule has 1 fully saturated rings. The van der Waals surface area contributed by atoms with E-state index in [0.29, 0.717) is 12.1 Å². The molecule has 0 aromatic heterocycles. The van der Waals surface area contributed by atoms with Gasteiger partial charge in [-0.3, -0.25) is 9.59 Å². The number of carbonyl (C=O) groups excluding carboxylic acids is 2. The number of benzene rings is 2. The van der Waals surface area contributed by atoms with Crippen LogP contribution in [-0.2, 0) is 20.2 Å². The van der Waals surface area contributed by atoms with Crippen LogP contribution in [0.15, 0.2) is 53.4 Å². The number of rotatable bonds is 8. The fourth-order valence-electron chi connectivity index (χ4n) is 4.42. The molecule has 6 nitrogen and oxygen atoms in total. The van der Waals surface area contributed by atoms with Crippen LogP contribution >= 0.6 is 0 Å². The molecule has 0 bridgehead atoms. The number of nitrogens with zero attached hydrogens (tertiary/aromatic N) is 1. The highest BCUT2D eigenvalue weighted by molar-refractivity contribution is 7.89. The molecule has 32 heavy (non-hydrogen) atoms. The topological polar surface area (TPSA) is 83.6 Å². The summed E-state index contributed by atoms with van der Waals surface area (Å²) in [6, 6.07) is 14.2. The minimum absolute atomic E-state index is 0.0568. The maximum Gasteiger partial charge on any atom is 0.243 e. The SMILES string of the molecule is CC(=O)c1ccc(S(=O)(=O)N(C)CC(=O)NCC2(c3cccc(C)c3)CCCCC2)cc1. The minimum atomic E-state index is -3.83. The smallest absolute Gasteiger partial charge is 0.243 e. The van der Waals surface area contributed by atoms with E-state index in [1.807, 2.05) is 0 Å². The lowest BCUT2D eigenvalue weighted by Gasteiger charge is -2.38. The van der Waals surface area contributed by atoms with E-state index in [4.69, 9.17) is 0 Å². The van der Waals surface area contributed by atoms with Crippen LogP contribution in [0.3, 0.4) is 0 Å². The van der Waals surface area contributed by atoms with Crippen LogP contribution in [-0.4, -0.2) is 44.6 Å². The zero-order valence-electron chi connectivity index (χ0n) is 19.1. The third kappa shape index (κ3) is 5.45. The lowest BCUT2D eigenvalue weighted by molar-refractivity contribution is -0.121. The van der Waals surface area contributed by atoms with Crippen molar-refractivity contribution >= 4 is 21.7 Å². The van der Waals surface area contributed by atoms with Crippen molar-refractivity contribution in [2.45, 2.75) is 56.3 Å². The fourth-order valence-corrected chi connectivity index (χ4v) is 5.55. The maximum absolute atomic E-state index is 12.8. The van der Waals surface area contributed by atoms with Crippen LogP contribution in [0.25, 0.3) is 0 Å². The number of Topliss-reactive ketones (excluding diaryl/α,β-unsaturated/α-hetero) is 1. The normalized spacial score (nSPS) is 16.0. The lowest BCUT2D eigenvalue weighted by atomic mass is 9.69. The fraction of sp³-hybridized carbons (Fsp3) is 0.440. The van der Waals surface area contributed by atoms with E-state index >= 15 is 0 Å². The molecule has 2 aromatic carbocycles. The average molecular weight is 457 g/mol. The molecule has 0 unspecified atom stereocenters. The van der Waals surface area contributed by atoms with Crippen molar-refractivity contribution in [1.82, 2.24) is 9.62 Å². The predicted octanol–water partition coefficient (Wildman–Crippen LogP) is 3.84. The summed E-state index contributed by atoms with van der Waals surface area (Å²) >= 11 is 0. The molecule has 1 saturated carbocycles. The molecule has 0 spiro atoms. The Balaban J connectivity index is 1.67. The Morgan fingerprint density at radius 3 is 2.28 bits per heavy atom. The summed E-state index contributed by atoms with van der Waals surface area (Å²) < 4.78 is 26.7. The number of likely N-dealkylation sites (N-methyl/N-ethyl adjacent to an activating group) is 1. The molecule has 172 valence electrons. The number of amides is 1. The Morgan fingerprint density at radius 2 is 1.69 bits per heavy atom. The van der Waals surface area contributed by atoms with Crippen molar-refractivity contribution in [1.29, 1.82) is 0 Å². The quantitative estimate of drug-likeness (QED) is 0.612.